The fourth-order valence-electron chi connectivity index (χ4n) is 6.01. The smallest absolute Gasteiger partial charge is 0.338 e. The average Bonchev–Trinajstić information content (AvgIpc) is 3.66. The van der Waals surface area contributed by atoms with E-state index in [0.29, 0.717) is 10.6 Å². The zero-order valence-corrected chi connectivity index (χ0v) is 24.7. The van der Waals surface area contributed by atoms with Crippen molar-refractivity contribution in [3.8, 4) is 0 Å². The molecule has 1 aromatic carbocycles. The van der Waals surface area contributed by atoms with Gasteiger partial charge in [0.25, 0.3) is 5.92 Å². The number of thiazole rings is 1. The molecule has 0 saturated carbocycles. The summed E-state index contributed by atoms with van der Waals surface area (Å²) in [6.07, 6.45) is 1.82. The van der Waals surface area contributed by atoms with Crippen LogP contribution in [0.4, 0.5) is 13.2 Å². The molecule has 4 atom stereocenters. The van der Waals surface area contributed by atoms with Crippen molar-refractivity contribution in [3.05, 3.63) is 63.0 Å². The molecule has 2 aromatic rings. The number of nitrogens with zero attached hydrogens (tertiary/aromatic N) is 4. The zero-order chi connectivity index (χ0) is 31.1. The number of carboxylic acid groups (broad SMARTS) is 1. The third-order valence-electron chi connectivity index (χ3n) is 8.21. The summed E-state index contributed by atoms with van der Waals surface area (Å²) in [6.45, 7) is 3.71. The molecule has 5 rings (SSSR count). The van der Waals surface area contributed by atoms with Crippen molar-refractivity contribution in [1.29, 1.82) is 0 Å². The lowest BCUT2D eigenvalue weighted by molar-refractivity contribution is -0.145. The number of likely N-dealkylation sites (tertiary alicyclic amines) is 2. The number of amidine groups is 1. The van der Waals surface area contributed by atoms with Crippen LogP contribution in [0.2, 0.25) is 0 Å². The van der Waals surface area contributed by atoms with Crippen LogP contribution in [0.1, 0.15) is 42.4 Å². The number of aliphatic carboxylic acids is 1. The second kappa shape index (κ2) is 12.1. The monoisotopic (exact) mass is 619 g/mol. The number of halogens is 3. The number of amides is 1. The molecule has 14 heteroatoms. The fourth-order valence-corrected chi connectivity index (χ4v) is 6.60. The Hall–Kier alpha value is -3.78. The summed E-state index contributed by atoms with van der Waals surface area (Å²) in [5.74, 6) is -8.75. The molecule has 3 aliphatic heterocycles. The van der Waals surface area contributed by atoms with E-state index >= 15 is 8.78 Å². The number of esters is 1. The lowest BCUT2D eigenvalue weighted by Crippen LogP contribution is -2.44. The van der Waals surface area contributed by atoms with Crippen molar-refractivity contribution in [2.75, 3.05) is 32.8 Å². The number of ether oxygens (including phenoxy) is 1. The number of hydrogen-bond donors (Lipinski definition) is 2. The Morgan fingerprint density at radius 2 is 2.07 bits per heavy atom. The molecule has 43 heavy (non-hydrogen) atoms. The second-order valence-corrected chi connectivity index (χ2v) is 11.7. The van der Waals surface area contributed by atoms with E-state index in [9.17, 15) is 23.9 Å². The van der Waals surface area contributed by atoms with E-state index in [1.54, 1.807) is 38.4 Å². The number of carbonyl (C=O) groups is 3. The van der Waals surface area contributed by atoms with Gasteiger partial charge in [-0.25, -0.2) is 22.9 Å². The molecule has 2 N–H and O–H groups in total. The van der Waals surface area contributed by atoms with Gasteiger partial charge in [-0.2, -0.15) is 0 Å². The number of hydrogen-bond acceptors (Lipinski definition) is 9. The first kappa shape index (κ1) is 30.7. The maximum Gasteiger partial charge on any atom is 0.338 e. The molecule has 4 heterocycles. The predicted molar refractivity (Wildman–Crippen MR) is 151 cm³/mol. The molecule has 0 bridgehead atoms. The number of alkyl halides is 2. The van der Waals surface area contributed by atoms with Gasteiger partial charge in [-0.05, 0) is 37.5 Å². The second-order valence-electron chi connectivity index (χ2n) is 10.8. The molecule has 1 amide bonds. The van der Waals surface area contributed by atoms with Gasteiger partial charge < -0.3 is 20.1 Å². The van der Waals surface area contributed by atoms with E-state index in [1.807, 2.05) is 0 Å². The average molecular weight is 620 g/mol. The highest BCUT2D eigenvalue weighted by molar-refractivity contribution is 7.11. The van der Waals surface area contributed by atoms with Gasteiger partial charge in [0.2, 0.25) is 5.91 Å². The topological polar surface area (TPSA) is 124 Å². The molecule has 2 fully saturated rings. The van der Waals surface area contributed by atoms with Crippen LogP contribution in [-0.2, 0) is 19.1 Å². The molecule has 0 spiro atoms. The Morgan fingerprint density at radius 1 is 1.30 bits per heavy atom. The molecule has 4 unspecified atom stereocenters. The molecule has 1 aromatic heterocycles. The molecule has 3 aliphatic rings. The SMILES string of the molecule is CCOC(=O)C1=C(CN2CC(F)(F)C3C(=O)N(CC(CC)C(=O)O)CC32)NC(c2nccs2)=NC1c1cccc(F)c1C. The summed E-state index contributed by atoms with van der Waals surface area (Å²) in [5, 5.41) is 14.8. The van der Waals surface area contributed by atoms with Crippen molar-refractivity contribution in [2.45, 2.75) is 45.2 Å². The number of benzene rings is 1. The summed E-state index contributed by atoms with van der Waals surface area (Å²) >= 11 is 1.27. The standard InChI is InChI=1S/C29H32F3N5O5S/c1-4-16(27(39)40)11-36-13-20-22(26(36)38)29(31,32)14-37(20)12-19-21(28(41)42-5-2)23(17-7-6-8-18(30)15(17)3)35-24(34-19)25-33-9-10-43-25/h6-10,16,20,22-23H,4-5,11-14H2,1-3H3,(H,34,35)(H,39,40). The minimum Gasteiger partial charge on any atom is -0.481 e. The van der Waals surface area contributed by atoms with Crippen LogP contribution >= 0.6 is 11.3 Å². The molecular formula is C29H32F3N5O5S. The molecule has 0 aliphatic carbocycles. The van der Waals surface area contributed by atoms with Crippen LogP contribution in [0.5, 0.6) is 0 Å². The molecular weight excluding hydrogens is 587 g/mol. The summed E-state index contributed by atoms with van der Waals surface area (Å²) in [6, 6.07) is 2.50. The quantitative estimate of drug-likeness (QED) is 0.388. The number of carbonyl (C=O) groups excluding carboxylic acids is 2. The number of rotatable bonds is 10. The highest BCUT2D eigenvalue weighted by Crippen LogP contribution is 2.44. The van der Waals surface area contributed by atoms with Crippen molar-refractivity contribution in [2.24, 2.45) is 16.8 Å². The van der Waals surface area contributed by atoms with Gasteiger partial charge >= 0.3 is 11.9 Å². The molecule has 2 saturated heterocycles. The first-order valence-electron chi connectivity index (χ1n) is 14.0. The highest BCUT2D eigenvalue weighted by atomic mass is 32.1. The maximum absolute atomic E-state index is 15.4. The van der Waals surface area contributed by atoms with Crippen LogP contribution < -0.4 is 5.32 Å². The first-order chi connectivity index (χ1) is 20.5. The number of aliphatic imine (C=N–C) groups is 1. The van der Waals surface area contributed by atoms with E-state index in [2.05, 4.69) is 10.3 Å². The minimum absolute atomic E-state index is 0.0334. The van der Waals surface area contributed by atoms with E-state index in [0.717, 1.165) is 0 Å². The van der Waals surface area contributed by atoms with Crippen molar-refractivity contribution < 1.29 is 37.4 Å². The summed E-state index contributed by atoms with van der Waals surface area (Å²) < 4.78 is 50.9. The summed E-state index contributed by atoms with van der Waals surface area (Å²) in [7, 11) is 0. The predicted octanol–water partition coefficient (Wildman–Crippen LogP) is 3.39. The third-order valence-corrected chi connectivity index (χ3v) is 8.99. The van der Waals surface area contributed by atoms with Crippen molar-refractivity contribution in [1.82, 2.24) is 20.1 Å². The number of fused-ring (bicyclic) bond motifs is 1. The maximum atomic E-state index is 15.4. The minimum atomic E-state index is -3.38. The van der Waals surface area contributed by atoms with Crippen LogP contribution in [0.25, 0.3) is 0 Å². The largest absolute Gasteiger partial charge is 0.481 e. The highest BCUT2D eigenvalue weighted by Gasteiger charge is 2.63. The fraction of sp³-hybridized carbons (Fsp3) is 0.483. The Balaban J connectivity index is 1.55. The lowest BCUT2D eigenvalue weighted by atomic mass is 9.92. The van der Waals surface area contributed by atoms with Crippen molar-refractivity contribution in [3.63, 3.8) is 0 Å². The Kier molecular flexibility index (Phi) is 8.61. The van der Waals surface area contributed by atoms with Gasteiger partial charge in [-0.3, -0.25) is 19.5 Å². The van der Waals surface area contributed by atoms with E-state index in [1.165, 1.54) is 33.3 Å². The van der Waals surface area contributed by atoms with Crippen molar-refractivity contribution >= 4 is 35.0 Å². The van der Waals surface area contributed by atoms with Gasteiger partial charge in [0.15, 0.2) is 10.8 Å². The number of carboxylic acids is 1. The normalized spacial score (nSPS) is 24.0. The van der Waals surface area contributed by atoms with Gasteiger partial charge in [-0.1, -0.05) is 19.1 Å². The summed E-state index contributed by atoms with van der Waals surface area (Å²) in [5.41, 5.74) is 0.945. The van der Waals surface area contributed by atoms with Gasteiger partial charge in [0, 0.05) is 43.0 Å². The van der Waals surface area contributed by atoms with Crippen LogP contribution in [0.3, 0.4) is 0 Å². The first-order valence-corrected chi connectivity index (χ1v) is 14.9. The van der Waals surface area contributed by atoms with Gasteiger partial charge in [-0.15, -0.1) is 11.3 Å². The molecule has 230 valence electrons. The van der Waals surface area contributed by atoms with Crippen LogP contribution in [-0.4, -0.2) is 88.3 Å². The van der Waals surface area contributed by atoms with E-state index < -0.39 is 60.0 Å². The Labute approximate surface area is 250 Å². The molecule has 10 nitrogen and oxygen atoms in total. The molecule has 0 radical (unpaired) electrons. The van der Waals surface area contributed by atoms with Gasteiger partial charge in [0.05, 0.1) is 24.6 Å². The van der Waals surface area contributed by atoms with E-state index in [4.69, 9.17) is 9.73 Å². The van der Waals surface area contributed by atoms with Gasteiger partial charge in [0.1, 0.15) is 17.8 Å². The Bertz CT molecular complexity index is 1480. The zero-order valence-electron chi connectivity index (χ0n) is 23.8. The number of aromatic nitrogens is 1. The number of nitrogens with one attached hydrogen (secondary N) is 1. The van der Waals surface area contributed by atoms with Crippen LogP contribution in [0, 0.1) is 24.6 Å². The summed E-state index contributed by atoms with van der Waals surface area (Å²) in [4.78, 5) is 49.9. The third kappa shape index (κ3) is 5.77. The van der Waals surface area contributed by atoms with Crippen LogP contribution in [0.15, 0.2) is 46.0 Å². The van der Waals surface area contributed by atoms with E-state index in [-0.39, 0.29) is 55.3 Å². The lowest BCUT2D eigenvalue weighted by Gasteiger charge is -2.31. The Morgan fingerprint density at radius 3 is 2.72 bits per heavy atom.